The maximum absolute atomic E-state index is 11.5. The molecule has 1 rings (SSSR count). The molecular formula is C12H16NNaO4S. The Hall–Kier alpha value is -0.400. The summed E-state index contributed by atoms with van der Waals surface area (Å²) in [5.41, 5.74) is 1.49. The molecule has 1 aromatic rings. The van der Waals surface area contributed by atoms with Crippen LogP contribution < -0.4 is 34.7 Å². The summed E-state index contributed by atoms with van der Waals surface area (Å²) in [7, 11) is -4.00. The van der Waals surface area contributed by atoms with E-state index in [1.54, 1.807) is 12.1 Å². The van der Waals surface area contributed by atoms with Gasteiger partial charge in [0.2, 0.25) is 0 Å². The van der Waals surface area contributed by atoms with E-state index in [-0.39, 0.29) is 41.9 Å². The first kappa shape index (κ1) is 18.6. The van der Waals surface area contributed by atoms with Crippen LogP contribution in [0.2, 0.25) is 0 Å². The second-order valence-corrected chi connectivity index (χ2v) is 5.52. The first-order valence-corrected chi connectivity index (χ1v) is 7.28. The van der Waals surface area contributed by atoms with Gasteiger partial charge in [-0.1, -0.05) is 31.5 Å². The summed E-state index contributed by atoms with van der Waals surface area (Å²) in [6.07, 6.45) is 3.22. The van der Waals surface area contributed by atoms with E-state index in [1.165, 1.54) is 12.3 Å². The Balaban J connectivity index is 0.00000324. The van der Waals surface area contributed by atoms with Gasteiger partial charge in [0.1, 0.15) is 0 Å². The van der Waals surface area contributed by atoms with Crippen LogP contribution in [0.5, 0.6) is 5.75 Å². The Morgan fingerprint density at radius 1 is 1.42 bits per heavy atom. The van der Waals surface area contributed by atoms with Crippen molar-refractivity contribution in [2.75, 3.05) is 12.3 Å². The van der Waals surface area contributed by atoms with Gasteiger partial charge in [0, 0.05) is 6.21 Å². The zero-order chi connectivity index (χ0) is 13.6. The van der Waals surface area contributed by atoms with E-state index in [4.69, 9.17) is 4.55 Å². The zero-order valence-electron chi connectivity index (χ0n) is 11.2. The van der Waals surface area contributed by atoms with E-state index in [0.717, 1.165) is 18.4 Å². The topological polar surface area (TPSA) is 89.8 Å². The fourth-order valence-corrected chi connectivity index (χ4v) is 1.81. The van der Waals surface area contributed by atoms with Crippen LogP contribution in [0.15, 0.2) is 23.2 Å². The Kier molecular flexibility index (Phi) is 8.52. The van der Waals surface area contributed by atoms with E-state index in [1.807, 2.05) is 6.92 Å². The number of hydrogen-bond acceptors (Lipinski definition) is 4. The van der Waals surface area contributed by atoms with Crippen LogP contribution in [0, 0.1) is 0 Å². The quantitative estimate of drug-likeness (QED) is 0.374. The second kappa shape index (κ2) is 8.71. The van der Waals surface area contributed by atoms with Gasteiger partial charge in [0.05, 0.1) is 12.3 Å². The normalized spacial score (nSPS) is 11.5. The molecule has 5 nitrogen and oxygen atoms in total. The Labute approximate surface area is 135 Å². The maximum Gasteiger partial charge on any atom is 1.00 e. The predicted octanol–water partition coefficient (Wildman–Crippen LogP) is -1.98. The molecule has 0 unspecified atom stereocenters. The molecular weight excluding hydrogens is 277 g/mol. The SMILES string of the molecule is CCCc1ccc([O-])c(C=NCCS(=O)(=O)O)c1.[Na+]. The minimum absolute atomic E-state index is 0. The van der Waals surface area contributed by atoms with Crippen LogP contribution in [0.4, 0.5) is 0 Å². The average Bonchev–Trinajstić information content (AvgIpc) is 2.27. The first-order chi connectivity index (χ1) is 8.42. The minimum Gasteiger partial charge on any atom is -0.872 e. The van der Waals surface area contributed by atoms with Crippen molar-refractivity contribution in [1.29, 1.82) is 0 Å². The smallest absolute Gasteiger partial charge is 0.872 e. The molecule has 0 amide bonds. The summed E-state index contributed by atoms with van der Waals surface area (Å²) in [6, 6.07) is 5.01. The summed E-state index contributed by atoms with van der Waals surface area (Å²) in [6.45, 7) is 1.99. The molecule has 0 aliphatic rings. The Morgan fingerprint density at radius 3 is 2.68 bits per heavy atom. The molecule has 0 fully saturated rings. The summed E-state index contributed by atoms with van der Waals surface area (Å²) >= 11 is 0. The van der Waals surface area contributed by atoms with Gasteiger partial charge in [-0.25, -0.2) is 0 Å². The van der Waals surface area contributed by atoms with Crippen molar-refractivity contribution < 1.29 is 47.6 Å². The maximum atomic E-state index is 11.5. The largest absolute Gasteiger partial charge is 1.00 e. The zero-order valence-corrected chi connectivity index (χ0v) is 14.0. The van der Waals surface area contributed by atoms with E-state index in [9.17, 15) is 13.5 Å². The summed E-state index contributed by atoms with van der Waals surface area (Å²) in [5, 5.41) is 11.5. The molecule has 19 heavy (non-hydrogen) atoms. The summed E-state index contributed by atoms with van der Waals surface area (Å²) in [4.78, 5) is 3.82. The molecule has 0 aliphatic carbocycles. The molecule has 0 spiro atoms. The second-order valence-electron chi connectivity index (χ2n) is 3.94. The van der Waals surface area contributed by atoms with Crippen molar-refractivity contribution >= 4 is 16.3 Å². The van der Waals surface area contributed by atoms with Crippen LogP contribution in [-0.4, -0.2) is 31.5 Å². The number of rotatable bonds is 6. The van der Waals surface area contributed by atoms with Gasteiger partial charge in [0.15, 0.2) is 0 Å². The van der Waals surface area contributed by atoms with Crippen molar-refractivity contribution in [2.24, 2.45) is 4.99 Å². The van der Waals surface area contributed by atoms with Crippen molar-refractivity contribution in [1.82, 2.24) is 0 Å². The van der Waals surface area contributed by atoms with Gasteiger partial charge in [-0.05, 0) is 17.5 Å². The third-order valence-electron chi connectivity index (χ3n) is 2.32. The molecule has 0 saturated heterocycles. The molecule has 0 saturated carbocycles. The van der Waals surface area contributed by atoms with Gasteiger partial charge in [-0.15, -0.1) is 5.75 Å². The van der Waals surface area contributed by atoms with Crippen molar-refractivity contribution in [3.8, 4) is 5.75 Å². The van der Waals surface area contributed by atoms with Gasteiger partial charge < -0.3 is 5.11 Å². The molecule has 7 heteroatoms. The van der Waals surface area contributed by atoms with Crippen molar-refractivity contribution in [3.63, 3.8) is 0 Å². The van der Waals surface area contributed by atoms with E-state index in [2.05, 4.69) is 4.99 Å². The van der Waals surface area contributed by atoms with Crippen LogP contribution in [0.3, 0.4) is 0 Å². The fourth-order valence-electron chi connectivity index (χ4n) is 1.47. The van der Waals surface area contributed by atoms with Crippen LogP contribution in [0.1, 0.15) is 24.5 Å². The van der Waals surface area contributed by atoms with Gasteiger partial charge in [-0.3, -0.25) is 9.55 Å². The van der Waals surface area contributed by atoms with E-state index >= 15 is 0 Å². The predicted molar refractivity (Wildman–Crippen MR) is 68.8 cm³/mol. The van der Waals surface area contributed by atoms with Crippen LogP contribution >= 0.6 is 0 Å². The number of nitrogens with zero attached hydrogens (tertiary/aromatic N) is 1. The minimum atomic E-state index is -4.00. The molecule has 0 radical (unpaired) electrons. The van der Waals surface area contributed by atoms with E-state index in [0.29, 0.717) is 5.56 Å². The summed E-state index contributed by atoms with van der Waals surface area (Å²) < 4.78 is 29.5. The average molecular weight is 293 g/mol. The summed E-state index contributed by atoms with van der Waals surface area (Å²) in [5.74, 6) is -0.586. The van der Waals surface area contributed by atoms with Gasteiger partial charge >= 0.3 is 29.6 Å². The molecule has 1 aromatic carbocycles. The van der Waals surface area contributed by atoms with Crippen LogP contribution in [0.25, 0.3) is 0 Å². The number of benzene rings is 1. The third-order valence-corrected chi connectivity index (χ3v) is 3.02. The van der Waals surface area contributed by atoms with Crippen molar-refractivity contribution in [3.05, 3.63) is 29.3 Å². The molecule has 0 atom stereocenters. The third kappa shape index (κ3) is 7.69. The number of aliphatic imine (C=N–C) groups is 1. The fraction of sp³-hybridized carbons (Fsp3) is 0.417. The Bertz CT molecular complexity index is 529. The van der Waals surface area contributed by atoms with Crippen molar-refractivity contribution in [2.45, 2.75) is 19.8 Å². The molecule has 0 aliphatic heterocycles. The monoisotopic (exact) mass is 293 g/mol. The molecule has 0 aromatic heterocycles. The number of hydrogen-bond donors (Lipinski definition) is 1. The molecule has 0 heterocycles. The van der Waals surface area contributed by atoms with Gasteiger partial charge in [-0.2, -0.15) is 8.42 Å². The molecule has 100 valence electrons. The Morgan fingerprint density at radius 2 is 2.11 bits per heavy atom. The van der Waals surface area contributed by atoms with Crippen LogP contribution in [-0.2, 0) is 16.5 Å². The van der Waals surface area contributed by atoms with Gasteiger partial charge in [0.25, 0.3) is 10.1 Å². The molecule has 0 bridgehead atoms. The first-order valence-electron chi connectivity index (χ1n) is 5.67. The molecule has 1 N–H and O–H groups in total. The standard InChI is InChI=1S/C12H17NO4S.Na/c1-2-3-10-4-5-12(14)11(8-10)9-13-6-7-18(15,16)17;/h4-5,8-9,14H,2-3,6-7H2,1H3,(H,15,16,17);/q;+1/p-1. The van der Waals surface area contributed by atoms with E-state index < -0.39 is 15.9 Å². The number of aryl methyl sites for hydroxylation is 1.